The fourth-order valence-corrected chi connectivity index (χ4v) is 6.51. The predicted molar refractivity (Wildman–Crippen MR) is 163 cm³/mol. The minimum atomic E-state index is -4.53. The number of ether oxygens (including phenoxy) is 1. The Balaban J connectivity index is 0.973. The van der Waals surface area contributed by atoms with Crippen molar-refractivity contribution in [2.24, 2.45) is 0 Å². The number of benzene rings is 3. The van der Waals surface area contributed by atoms with E-state index in [2.05, 4.69) is 67.2 Å². The number of nitrogens with one attached hydrogen (secondary N) is 2. The van der Waals surface area contributed by atoms with Crippen molar-refractivity contribution < 1.29 is 17.9 Å². The highest BCUT2D eigenvalue weighted by Crippen LogP contribution is 2.35. The number of para-hydroxylation sites is 2. The minimum absolute atomic E-state index is 0.200. The number of aromatic nitrogens is 4. The Bertz CT molecular complexity index is 1700. The lowest BCUT2D eigenvalue weighted by molar-refractivity contribution is -0.144. The fourth-order valence-electron chi connectivity index (χ4n) is 6.51. The van der Waals surface area contributed by atoms with E-state index in [1.807, 2.05) is 0 Å². The van der Waals surface area contributed by atoms with Gasteiger partial charge in [-0.1, -0.05) is 55.7 Å². The largest absolute Gasteiger partial charge is 0.490 e. The zero-order valence-electron chi connectivity index (χ0n) is 24.0. The predicted octanol–water partition coefficient (Wildman–Crippen LogP) is 7.37. The monoisotopic (exact) mass is 588 g/mol. The number of imidazole rings is 2. The average molecular weight is 589 g/mol. The number of rotatable bonds is 7. The van der Waals surface area contributed by atoms with Crippen molar-refractivity contribution in [2.45, 2.75) is 44.2 Å². The smallest absolute Gasteiger partial charge is 0.449 e. The molecule has 2 aromatic heterocycles. The second-order valence-electron chi connectivity index (χ2n) is 11.6. The molecule has 224 valence electrons. The molecule has 0 unspecified atom stereocenters. The van der Waals surface area contributed by atoms with Crippen LogP contribution in [0.1, 0.15) is 49.4 Å². The van der Waals surface area contributed by atoms with Gasteiger partial charge in [-0.3, -0.25) is 4.90 Å². The van der Waals surface area contributed by atoms with Gasteiger partial charge in [-0.2, -0.15) is 13.2 Å². The summed E-state index contributed by atoms with van der Waals surface area (Å²) in [6.45, 7) is 4.44. The van der Waals surface area contributed by atoms with Crippen LogP contribution in [-0.2, 0) is 6.18 Å². The van der Waals surface area contributed by atoms with Crippen molar-refractivity contribution in [2.75, 3.05) is 44.2 Å². The number of halogens is 3. The number of fused-ring (bicyclic) bond motifs is 2. The van der Waals surface area contributed by atoms with E-state index in [-0.39, 0.29) is 5.52 Å². The third-order valence-electron chi connectivity index (χ3n) is 8.87. The molecule has 0 amide bonds. The van der Waals surface area contributed by atoms with Crippen LogP contribution in [0.25, 0.3) is 33.5 Å². The molecule has 2 fully saturated rings. The van der Waals surface area contributed by atoms with Gasteiger partial charge in [0.05, 0.1) is 16.7 Å². The van der Waals surface area contributed by atoms with Crippen LogP contribution in [-0.4, -0.2) is 64.2 Å². The molecule has 1 aliphatic carbocycles. The van der Waals surface area contributed by atoms with E-state index in [1.54, 1.807) is 18.2 Å². The third kappa shape index (κ3) is 5.80. The van der Waals surface area contributed by atoms with Crippen LogP contribution in [0.3, 0.4) is 0 Å². The van der Waals surface area contributed by atoms with Gasteiger partial charge in [0.1, 0.15) is 29.2 Å². The molecule has 43 heavy (non-hydrogen) atoms. The number of aromatic amines is 2. The van der Waals surface area contributed by atoms with Crippen LogP contribution in [0.4, 0.5) is 18.9 Å². The second-order valence-corrected chi connectivity index (χ2v) is 11.6. The van der Waals surface area contributed by atoms with Gasteiger partial charge in [0.25, 0.3) is 0 Å². The van der Waals surface area contributed by atoms with Gasteiger partial charge in [0, 0.05) is 38.3 Å². The van der Waals surface area contributed by atoms with Crippen LogP contribution < -0.4 is 9.64 Å². The molecule has 5 aromatic rings. The van der Waals surface area contributed by atoms with Crippen molar-refractivity contribution in [1.82, 2.24) is 24.8 Å². The van der Waals surface area contributed by atoms with Gasteiger partial charge in [-0.25, -0.2) is 9.97 Å². The fraction of sp³-hybridized carbons (Fsp3) is 0.394. The normalized spacial score (nSPS) is 17.2. The number of alkyl halides is 3. The lowest BCUT2D eigenvalue weighted by Gasteiger charge is -2.36. The van der Waals surface area contributed by atoms with Crippen molar-refractivity contribution in [1.29, 1.82) is 0 Å². The Kier molecular flexibility index (Phi) is 7.46. The van der Waals surface area contributed by atoms with E-state index < -0.39 is 12.0 Å². The summed E-state index contributed by atoms with van der Waals surface area (Å²) in [6, 6.07) is 20.1. The van der Waals surface area contributed by atoms with Gasteiger partial charge < -0.3 is 19.6 Å². The van der Waals surface area contributed by atoms with E-state index in [1.165, 1.54) is 37.7 Å². The highest BCUT2D eigenvalue weighted by atomic mass is 19.4. The highest BCUT2D eigenvalue weighted by molar-refractivity contribution is 5.91. The number of nitrogens with zero attached hydrogens (tertiary/aromatic N) is 4. The topological polar surface area (TPSA) is 73.1 Å². The Morgan fingerprint density at radius 1 is 0.791 bits per heavy atom. The van der Waals surface area contributed by atoms with Gasteiger partial charge >= 0.3 is 6.18 Å². The highest BCUT2D eigenvalue weighted by Gasteiger charge is 2.35. The Morgan fingerprint density at radius 3 is 2.26 bits per heavy atom. The summed E-state index contributed by atoms with van der Waals surface area (Å²) in [5.74, 6) is 0.920. The molecular weight excluding hydrogens is 553 g/mol. The van der Waals surface area contributed by atoms with E-state index in [0.29, 0.717) is 30.3 Å². The van der Waals surface area contributed by atoms with Crippen LogP contribution in [0, 0.1) is 0 Å². The number of H-pyrrole nitrogens is 2. The van der Waals surface area contributed by atoms with Crippen molar-refractivity contribution in [3.05, 3.63) is 72.1 Å². The molecule has 10 heteroatoms. The molecule has 0 radical (unpaired) electrons. The molecule has 2 N–H and O–H groups in total. The Morgan fingerprint density at radius 2 is 1.51 bits per heavy atom. The summed E-state index contributed by atoms with van der Waals surface area (Å²) < 4.78 is 45.2. The lowest BCUT2D eigenvalue weighted by Crippen LogP contribution is -2.47. The summed E-state index contributed by atoms with van der Waals surface area (Å²) in [6.07, 6.45) is 2.08. The van der Waals surface area contributed by atoms with Crippen molar-refractivity contribution >= 4 is 27.8 Å². The molecule has 3 aromatic carbocycles. The molecule has 1 saturated carbocycles. The number of piperazine rings is 1. The molecule has 0 spiro atoms. The van der Waals surface area contributed by atoms with Crippen LogP contribution in [0.2, 0.25) is 0 Å². The van der Waals surface area contributed by atoms with Gasteiger partial charge in [0.2, 0.25) is 5.82 Å². The zero-order valence-corrected chi connectivity index (χ0v) is 24.0. The zero-order chi connectivity index (χ0) is 29.4. The molecule has 3 heterocycles. The van der Waals surface area contributed by atoms with E-state index in [9.17, 15) is 13.2 Å². The quantitative estimate of drug-likeness (QED) is 0.208. The molecule has 1 saturated heterocycles. The Hall–Kier alpha value is -4.05. The lowest BCUT2D eigenvalue weighted by atomic mass is 9.84. The number of anilines is 1. The van der Waals surface area contributed by atoms with Gasteiger partial charge in [-0.15, -0.1) is 0 Å². The SMILES string of the molecule is FC(F)(F)c1nc2c(OCCN3CCN(c4cccc5[nH]c(-c6ccc(C7CCCCC7)cc6)nc45)CC3)cccc2[nH]1. The maximum absolute atomic E-state index is 13.1. The minimum Gasteiger partial charge on any atom is -0.490 e. The first-order valence-electron chi connectivity index (χ1n) is 15.2. The van der Waals surface area contributed by atoms with Crippen LogP contribution in [0.5, 0.6) is 5.75 Å². The maximum atomic E-state index is 13.1. The van der Waals surface area contributed by atoms with Crippen LogP contribution in [0.15, 0.2) is 60.7 Å². The van der Waals surface area contributed by atoms with Crippen molar-refractivity contribution in [3.63, 3.8) is 0 Å². The van der Waals surface area contributed by atoms with Crippen molar-refractivity contribution in [3.8, 4) is 17.1 Å². The first-order valence-corrected chi connectivity index (χ1v) is 15.2. The molecule has 0 bridgehead atoms. The standard InChI is InChI=1S/C33H35F3N6O/c34-33(35,36)32-38-26-9-5-11-28(30(26)40-32)43-21-20-41-16-18-42(19-17-41)27-10-4-8-25-29(27)39-31(37-25)24-14-12-23(13-15-24)22-6-2-1-3-7-22/h4-5,8-15,22H,1-3,6-7,16-21H2,(H,37,39)(H,38,40). The number of hydrogen-bond donors (Lipinski definition) is 2. The maximum Gasteiger partial charge on any atom is 0.449 e. The third-order valence-corrected chi connectivity index (χ3v) is 8.87. The van der Waals surface area contributed by atoms with E-state index >= 15 is 0 Å². The van der Waals surface area contributed by atoms with E-state index in [4.69, 9.17) is 9.72 Å². The van der Waals surface area contributed by atoms with Gasteiger partial charge in [-0.05, 0) is 48.6 Å². The average Bonchev–Trinajstić information content (AvgIpc) is 3.68. The molecule has 2 aliphatic rings. The van der Waals surface area contributed by atoms with E-state index in [0.717, 1.165) is 54.3 Å². The molecule has 7 nitrogen and oxygen atoms in total. The first-order chi connectivity index (χ1) is 20.9. The molecular formula is C33H35F3N6O. The summed E-state index contributed by atoms with van der Waals surface area (Å²) in [5.41, 5.74) is 6.19. The molecule has 1 aliphatic heterocycles. The summed E-state index contributed by atoms with van der Waals surface area (Å²) in [4.78, 5) is 19.3. The summed E-state index contributed by atoms with van der Waals surface area (Å²) in [5, 5.41) is 0. The molecule has 7 rings (SSSR count). The first kappa shape index (κ1) is 27.8. The van der Waals surface area contributed by atoms with Crippen LogP contribution >= 0.6 is 0 Å². The van der Waals surface area contributed by atoms with Gasteiger partial charge in [0.15, 0.2) is 0 Å². The summed E-state index contributed by atoms with van der Waals surface area (Å²) in [7, 11) is 0. The second kappa shape index (κ2) is 11.6. The molecule has 0 atom stereocenters. The summed E-state index contributed by atoms with van der Waals surface area (Å²) >= 11 is 0. The number of hydrogen-bond acceptors (Lipinski definition) is 5. The Labute approximate surface area is 248 Å².